The summed E-state index contributed by atoms with van der Waals surface area (Å²) >= 11 is 0. The van der Waals surface area contributed by atoms with Gasteiger partial charge in [0.2, 0.25) is 5.91 Å². The van der Waals surface area contributed by atoms with Crippen molar-refractivity contribution >= 4 is 34.1 Å². The molecule has 1 unspecified atom stereocenters. The first-order valence-electron chi connectivity index (χ1n) is 8.71. The zero-order valence-corrected chi connectivity index (χ0v) is 15.1. The first-order valence-corrected chi connectivity index (χ1v) is 8.71. The van der Waals surface area contributed by atoms with E-state index < -0.39 is 17.6 Å². The smallest absolute Gasteiger partial charge is 0.242 e. The summed E-state index contributed by atoms with van der Waals surface area (Å²) < 4.78 is 15.5. The summed E-state index contributed by atoms with van der Waals surface area (Å²) in [5.41, 5.74) is 2.65. The molecule has 0 saturated heterocycles. The van der Waals surface area contributed by atoms with E-state index in [0.717, 1.165) is 11.0 Å². The van der Waals surface area contributed by atoms with Crippen LogP contribution in [0.3, 0.4) is 0 Å². The maximum Gasteiger partial charge on any atom is 0.242 e. The fourth-order valence-electron chi connectivity index (χ4n) is 3.51. The number of imidazole rings is 1. The molecule has 7 heteroatoms. The molecule has 0 spiro atoms. The Balaban J connectivity index is 1.72. The second kappa shape index (κ2) is 6.50. The van der Waals surface area contributed by atoms with Crippen molar-refractivity contribution in [1.82, 2.24) is 9.55 Å². The number of anilines is 2. The lowest BCUT2D eigenvalue weighted by atomic mass is 9.96. The van der Waals surface area contributed by atoms with Crippen molar-refractivity contribution < 1.29 is 14.0 Å². The summed E-state index contributed by atoms with van der Waals surface area (Å²) in [5, 5.41) is 2.78. The highest BCUT2D eigenvalue weighted by Gasteiger charge is 2.36. The van der Waals surface area contributed by atoms with E-state index in [9.17, 15) is 14.0 Å². The number of benzene rings is 2. The van der Waals surface area contributed by atoms with Gasteiger partial charge in [0.05, 0.1) is 22.4 Å². The van der Waals surface area contributed by atoms with E-state index in [1.54, 1.807) is 19.0 Å². The van der Waals surface area contributed by atoms with Crippen LogP contribution in [0, 0.1) is 5.82 Å². The number of carbonyl (C=O) groups is 2. The minimum absolute atomic E-state index is 0.163. The van der Waals surface area contributed by atoms with Gasteiger partial charge in [-0.15, -0.1) is 0 Å². The SMILES string of the molecule is CN(C)c1cc(F)ccc1NC(=O)C1C(=O)CCn2c1nc1ccccc12. The number of amides is 1. The number of hydrogen-bond acceptors (Lipinski definition) is 4. The average Bonchev–Trinajstić information content (AvgIpc) is 3.01. The normalized spacial score (nSPS) is 16.3. The van der Waals surface area contributed by atoms with Crippen LogP contribution in [0.5, 0.6) is 0 Å². The number of halogens is 1. The number of carbonyl (C=O) groups excluding carboxylic acids is 2. The van der Waals surface area contributed by atoms with Crippen LogP contribution in [0.1, 0.15) is 18.2 Å². The highest BCUT2D eigenvalue weighted by Crippen LogP contribution is 2.31. The van der Waals surface area contributed by atoms with E-state index in [1.165, 1.54) is 18.2 Å². The molecule has 1 aliphatic heterocycles. The minimum Gasteiger partial charge on any atom is -0.376 e. The fourth-order valence-corrected chi connectivity index (χ4v) is 3.51. The number of nitrogens with one attached hydrogen (secondary N) is 1. The molecule has 0 fully saturated rings. The van der Waals surface area contributed by atoms with Gasteiger partial charge < -0.3 is 14.8 Å². The van der Waals surface area contributed by atoms with Crippen LogP contribution in [-0.2, 0) is 16.1 Å². The molecule has 138 valence electrons. The second-order valence-electron chi connectivity index (χ2n) is 6.80. The van der Waals surface area contributed by atoms with Gasteiger partial charge in [-0.25, -0.2) is 9.37 Å². The zero-order chi connectivity index (χ0) is 19.1. The Labute approximate surface area is 155 Å². The number of para-hydroxylation sites is 2. The van der Waals surface area contributed by atoms with Gasteiger partial charge in [0, 0.05) is 27.1 Å². The van der Waals surface area contributed by atoms with Crippen LogP contribution < -0.4 is 10.2 Å². The summed E-state index contributed by atoms with van der Waals surface area (Å²) in [6.07, 6.45) is 0.273. The van der Waals surface area contributed by atoms with Crippen LogP contribution in [-0.4, -0.2) is 35.3 Å². The maximum absolute atomic E-state index is 13.6. The van der Waals surface area contributed by atoms with Crippen molar-refractivity contribution in [3.8, 4) is 0 Å². The largest absolute Gasteiger partial charge is 0.376 e. The molecule has 0 saturated carbocycles. The van der Waals surface area contributed by atoms with E-state index in [1.807, 2.05) is 28.8 Å². The Hall–Kier alpha value is -3.22. The van der Waals surface area contributed by atoms with Gasteiger partial charge >= 0.3 is 0 Å². The third-order valence-corrected chi connectivity index (χ3v) is 4.81. The molecule has 3 aromatic rings. The van der Waals surface area contributed by atoms with Gasteiger partial charge in [-0.2, -0.15) is 0 Å². The molecule has 2 aromatic carbocycles. The van der Waals surface area contributed by atoms with Gasteiger partial charge in [-0.05, 0) is 30.3 Å². The maximum atomic E-state index is 13.6. The lowest BCUT2D eigenvalue weighted by Crippen LogP contribution is -2.34. The van der Waals surface area contributed by atoms with E-state index in [-0.39, 0.29) is 12.2 Å². The summed E-state index contributed by atoms with van der Waals surface area (Å²) in [7, 11) is 3.52. The van der Waals surface area contributed by atoms with E-state index in [0.29, 0.717) is 23.7 Å². The Morgan fingerprint density at radius 1 is 1.26 bits per heavy atom. The van der Waals surface area contributed by atoms with Crippen molar-refractivity contribution in [2.24, 2.45) is 0 Å². The standard InChI is InChI=1S/C20H19FN4O2/c1-24(2)16-11-12(21)7-8-14(16)23-20(27)18-17(26)9-10-25-15-6-4-3-5-13(15)22-19(18)25/h3-8,11,18H,9-10H2,1-2H3,(H,23,27). The summed E-state index contributed by atoms with van der Waals surface area (Å²) in [4.78, 5) is 31.8. The summed E-state index contributed by atoms with van der Waals surface area (Å²) in [6.45, 7) is 0.512. The monoisotopic (exact) mass is 366 g/mol. The van der Waals surface area contributed by atoms with E-state index in [2.05, 4.69) is 10.3 Å². The van der Waals surface area contributed by atoms with E-state index in [4.69, 9.17) is 0 Å². The molecule has 4 rings (SSSR count). The Morgan fingerprint density at radius 2 is 2.04 bits per heavy atom. The molecule has 1 amide bonds. The number of hydrogen-bond donors (Lipinski definition) is 1. The van der Waals surface area contributed by atoms with Gasteiger partial charge in [0.15, 0.2) is 11.7 Å². The predicted molar refractivity (Wildman–Crippen MR) is 101 cm³/mol. The molecule has 1 atom stereocenters. The third-order valence-electron chi connectivity index (χ3n) is 4.81. The van der Waals surface area contributed by atoms with Gasteiger partial charge in [0.25, 0.3) is 0 Å². The molecule has 0 radical (unpaired) electrons. The summed E-state index contributed by atoms with van der Waals surface area (Å²) in [5.74, 6) is -1.54. The molecular weight excluding hydrogens is 347 g/mol. The number of nitrogens with zero attached hydrogens (tertiary/aromatic N) is 3. The molecule has 0 aliphatic carbocycles. The number of rotatable bonds is 3. The second-order valence-corrected chi connectivity index (χ2v) is 6.80. The van der Waals surface area contributed by atoms with Crippen LogP contribution >= 0.6 is 0 Å². The Kier molecular flexibility index (Phi) is 4.14. The Morgan fingerprint density at radius 3 is 2.81 bits per heavy atom. The first-order chi connectivity index (χ1) is 13.0. The molecule has 1 aliphatic rings. The summed E-state index contributed by atoms with van der Waals surface area (Å²) in [6, 6.07) is 11.7. The van der Waals surface area contributed by atoms with Crippen LogP contribution in [0.4, 0.5) is 15.8 Å². The number of fused-ring (bicyclic) bond motifs is 3. The molecule has 2 heterocycles. The van der Waals surface area contributed by atoms with Gasteiger partial charge in [0.1, 0.15) is 11.6 Å². The first kappa shape index (κ1) is 17.2. The van der Waals surface area contributed by atoms with Crippen molar-refractivity contribution in [3.63, 3.8) is 0 Å². The van der Waals surface area contributed by atoms with Crippen molar-refractivity contribution in [2.75, 3.05) is 24.3 Å². The lowest BCUT2D eigenvalue weighted by molar-refractivity contribution is -0.128. The molecule has 1 N–H and O–H groups in total. The van der Waals surface area contributed by atoms with Crippen LogP contribution in [0.15, 0.2) is 42.5 Å². The van der Waals surface area contributed by atoms with Crippen molar-refractivity contribution in [1.29, 1.82) is 0 Å². The highest BCUT2D eigenvalue weighted by atomic mass is 19.1. The Bertz CT molecular complexity index is 1060. The molecule has 1 aromatic heterocycles. The number of ketones is 1. The minimum atomic E-state index is -0.980. The molecule has 0 bridgehead atoms. The average molecular weight is 366 g/mol. The topological polar surface area (TPSA) is 67.2 Å². The predicted octanol–water partition coefficient (Wildman–Crippen LogP) is 2.94. The highest BCUT2D eigenvalue weighted by molar-refractivity contribution is 6.13. The molecule has 27 heavy (non-hydrogen) atoms. The van der Waals surface area contributed by atoms with Gasteiger partial charge in [-0.1, -0.05) is 12.1 Å². The fraction of sp³-hybridized carbons (Fsp3) is 0.250. The lowest BCUT2D eigenvalue weighted by Gasteiger charge is -2.23. The zero-order valence-electron chi connectivity index (χ0n) is 15.1. The van der Waals surface area contributed by atoms with Crippen LogP contribution in [0.25, 0.3) is 11.0 Å². The van der Waals surface area contributed by atoms with Crippen LogP contribution in [0.2, 0.25) is 0 Å². The van der Waals surface area contributed by atoms with Gasteiger partial charge in [-0.3, -0.25) is 9.59 Å². The number of Topliss-reactive ketones (excluding diaryl/α,β-unsaturated/α-hetero) is 1. The quantitative estimate of drug-likeness (QED) is 0.724. The third kappa shape index (κ3) is 2.95. The molecule has 6 nitrogen and oxygen atoms in total. The van der Waals surface area contributed by atoms with E-state index >= 15 is 0 Å². The van der Waals surface area contributed by atoms with Crippen molar-refractivity contribution in [3.05, 3.63) is 54.1 Å². The number of aromatic nitrogens is 2. The number of aryl methyl sites for hydroxylation is 1. The van der Waals surface area contributed by atoms with Crippen molar-refractivity contribution in [2.45, 2.75) is 18.9 Å². The molecular formula is C20H19FN4O2.